The second-order valence-electron chi connectivity index (χ2n) is 2.54. The van der Waals surface area contributed by atoms with E-state index in [1.54, 1.807) is 7.05 Å². The number of nitrogens with one attached hydrogen (secondary N) is 2. The summed E-state index contributed by atoms with van der Waals surface area (Å²) in [6, 6.07) is 1.97. The minimum atomic E-state index is 0.0454. The molecule has 1 aromatic heterocycles. The van der Waals surface area contributed by atoms with E-state index in [2.05, 4.69) is 10.3 Å². The Kier molecular flexibility index (Phi) is 2.31. The molecule has 0 unspecified atom stereocenters. The third kappa shape index (κ3) is 2.11. The number of likely N-dealkylation sites (N-methyl/N-ethyl adjacent to an activating group) is 1. The van der Waals surface area contributed by atoms with Gasteiger partial charge in [-0.1, -0.05) is 0 Å². The van der Waals surface area contributed by atoms with Gasteiger partial charge in [-0.05, 0) is 18.6 Å². The van der Waals surface area contributed by atoms with Crippen molar-refractivity contribution in [2.45, 2.75) is 13.3 Å². The van der Waals surface area contributed by atoms with Gasteiger partial charge >= 0.3 is 0 Å². The van der Waals surface area contributed by atoms with E-state index in [1.165, 1.54) is 0 Å². The maximum atomic E-state index is 10.9. The normalized spacial score (nSPS) is 9.64. The lowest BCUT2D eigenvalue weighted by Crippen LogP contribution is -2.19. The smallest absolute Gasteiger partial charge is 0.224 e. The molecule has 1 heterocycles. The maximum Gasteiger partial charge on any atom is 0.224 e. The molecule has 0 saturated carbocycles. The standard InChI is InChI=1S/C8H12N2O/c1-6-3-7(5-10-6)4-8(11)9-2/h3,5,10H,4H2,1-2H3,(H,9,11). The minimum absolute atomic E-state index is 0.0454. The van der Waals surface area contributed by atoms with E-state index in [0.717, 1.165) is 11.3 Å². The van der Waals surface area contributed by atoms with Gasteiger partial charge in [0.2, 0.25) is 5.91 Å². The van der Waals surface area contributed by atoms with Crippen molar-refractivity contribution in [1.82, 2.24) is 10.3 Å². The molecule has 0 aliphatic carbocycles. The fourth-order valence-electron chi connectivity index (χ4n) is 0.944. The molecule has 11 heavy (non-hydrogen) atoms. The van der Waals surface area contributed by atoms with Crippen molar-refractivity contribution in [3.63, 3.8) is 0 Å². The zero-order valence-electron chi connectivity index (χ0n) is 6.77. The minimum Gasteiger partial charge on any atom is -0.365 e. The molecule has 0 spiro atoms. The number of amides is 1. The van der Waals surface area contributed by atoms with Gasteiger partial charge in [0, 0.05) is 18.9 Å². The molecule has 3 nitrogen and oxygen atoms in total. The lowest BCUT2D eigenvalue weighted by atomic mass is 10.2. The van der Waals surface area contributed by atoms with Crippen LogP contribution in [-0.4, -0.2) is 17.9 Å². The van der Waals surface area contributed by atoms with Crippen LogP contribution in [0.2, 0.25) is 0 Å². The molecule has 0 aliphatic rings. The van der Waals surface area contributed by atoms with Crippen LogP contribution in [0.3, 0.4) is 0 Å². The first-order chi connectivity index (χ1) is 5.22. The van der Waals surface area contributed by atoms with E-state index in [1.807, 2.05) is 19.2 Å². The number of rotatable bonds is 2. The first kappa shape index (κ1) is 7.85. The largest absolute Gasteiger partial charge is 0.365 e. The molecule has 0 fully saturated rings. The van der Waals surface area contributed by atoms with Gasteiger partial charge in [0.1, 0.15) is 0 Å². The quantitative estimate of drug-likeness (QED) is 0.640. The summed E-state index contributed by atoms with van der Waals surface area (Å²) in [6.07, 6.45) is 2.31. The van der Waals surface area contributed by atoms with Crippen LogP contribution >= 0.6 is 0 Å². The van der Waals surface area contributed by atoms with Crippen LogP contribution in [-0.2, 0) is 11.2 Å². The van der Waals surface area contributed by atoms with Crippen molar-refractivity contribution < 1.29 is 4.79 Å². The molecule has 0 atom stereocenters. The van der Waals surface area contributed by atoms with Crippen LogP contribution < -0.4 is 5.32 Å². The van der Waals surface area contributed by atoms with Crippen molar-refractivity contribution in [3.05, 3.63) is 23.5 Å². The number of carbonyl (C=O) groups is 1. The summed E-state index contributed by atoms with van der Waals surface area (Å²) in [7, 11) is 1.64. The number of carbonyl (C=O) groups excluding carboxylic acids is 1. The van der Waals surface area contributed by atoms with Gasteiger partial charge < -0.3 is 10.3 Å². The number of hydrogen-bond acceptors (Lipinski definition) is 1. The van der Waals surface area contributed by atoms with Gasteiger partial charge in [-0.15, -0.1) is 0 Å². The van der Waals surface area contributed by atoms with Crippen LogP contribution in [0.25, 0.3) is 0 Å². The first-order valence-corrected chi connectivity index (χ1v) is 3.57. The lowest BCUT2D eigenvalue weighted by Gasteiger charge is -1.94. The Labute approximate surface area is 65.8 Å². The molecule has 1 aromatic rings. The second kappa shape index (κ2) is 3.23. The Morgan fingerprint density at radius 3 is 2.91 bits per heavy atom. The van der Waals surface area contributed by atoms with E-state index in [4.69, 9.17) is 0 Å². The molecule has 0 bridgehead atoms. The summed E-state index contributed by atoms with van der Waals surface area (Å²) in [6.45, 7) is 1.97. The predicted octanol–water partition coefficient (Wildman–Crippen LogP) is 0.612. The number of aryl methyl sites for hydroxylation is 1. The van der Waals surface area contributed by atoms with E-state index in [9.17, 15) is 4.79 Å². The van der Waals surface area contributed by atoms with Gasteiger partial charge in [0.15, 0.2) is 0 Å². The zero-order chi connectivity index (χ0) is 8.27. The number of hydrogen-bond donors (Lipinski definition) is 2. The number of aromatic nitrogens is 1. The summed E-state index contributed by atoms with van der Waals surface area (Å²) in [5.74, 6) is 0.0454. The monoisotopic (exact) mass is 152 g/mol. The molecule has 0 saturated heterocycles. The molecule has 2 N–H and O–H groups in total. The maximum absolute atomic E-state index is 10.9. The molecule has 0 aliphatic heterocycles. The Morgan fingerprint density at radius 1 is 1.73 bits per heavy atom. The van der Waals surface area contributed by atoms with Crippen molar-refractivity contribution >= 4 is 5.91 Å². The van der Waals surface area contributed by atoms with Crippen LogP contribution in [0.4, 0.5) is 0 Å². The molecule has 0 aromatic carbocycles. The topological polar surface area (TPSA) is 44.9 Å². The molecule has 1 amide bonds. The first-order valence-electron chi connectivity index (χ1n) is 3.57. The average molecular weight is 152 g/mol. The van der Waals surface area contributed by atoms with E-state index < -0.39 is 0 Å². The molecule has 0 radical (unpaired) electrons. The summed E-state index contributed by atoms with van der Waals surface area (Å²) in [5, 5.41) is 2.57. The highest BCUT2D eigenvalue weighted by Crippen LogP contribution is 2.01. The molecule has 1 rings (SSSR count). The summed E-state index contributed by atoms with van der Waals surface area (Å²) in [5.41, 5.74) is 2.12. The highest BCUT2D eigenvalue weighted by Gasteiger charge is 2.00. The van der Waals surface area contributed by atoms with Gasteiger partial charge in [0.05, 0.1) is 6.42 Å². The molecule has 3 heteroatoms. The highest BCUT2D eigenvalue weighted by molar-refractivity contribution is 5.78. The third-order valence-corrected chi connectivity index (χ3v) is 1.53. The number of H-pyrrole nitrogens is 1. The SMILES string of the molecule is CNC(=O)Cc1c[nH]c(C)c1. The lowest BCUT2D eigenvalue weighted by molar-refractivity contribution is -0.119. The van der Waals surface area contributed by atoms with Crippen molar-refractivity contribution in [1.29, 1.82) is 0 Å². The van der Waals surface area contributed by atoms with Crippen molar-refractivity contribution in [2.24, 2.45) is 0 Å². The fraction of sp³-hybridized carbons (Fsp3) is 0.375. The Bertz CT molecular complexity index is 252. The summed E-state index contributed by atoms with van der Waals surface area (Å²) < 4.78 is 0. The van der Waals surface area contributed by atoms with Crippen LogP contribution in [0.15, 0.2) is 12.3 Å². The van der Waals surface area contributed by atoms with E-state index >= 15 is 0 Å². The Morgan fingerprint density at radius 2 is 2.45 bits per heavy atom. The zero-order valence-corrected chi connectivity index (χ0v) is 6.77. The van der Waals surface area contributed by atoms with E-state index in [-0.39, 0.29) is 5.91 Å². The third-order valence-electron chi connectivity index (χ3n) is 1.53. The van der Waals surface area contributed by atoms with Gasteiger partial charge in [-0.2, -0.15) is 0 Å². The predicted molar refractivity (Wildman–Crippen MR) is 43.3 cm³/mol. The van der Waals surface area contributed by atoms with Crippen molar-refractivity contribution in [2.75, 3.05) is 7.05 Å². The molecule has 60 valence electrons. The summed E-state index contributed by atoms with van der Waals surface area (Å²) in [4.78, 5) is 13.9. The second-order valence-corrected chi connectivity index (χ2v) is 2.54. The fourth-order valence-corrected chi connectivity index (χ4v) is 0.944. The molecular weight excluding hydrogens is 140 g/mol. The van der Waals surface area contributed by atoms with E-state index in [0.29, 0.717) is 6.42 Å². The van der Waals surface area contributed by atoms with Gasteiger partial charge in [-0.25, -0.2) is 0 Å². The Balaban J connectivity index is 2.57. The number of aromatic amines is 1. The average Bonchev–Trinajstić information content (AvgIpc) is 2.35. The van der Waals surface area contributed by atoms with Gasteiger partial charge in [-0.3, -0.25) is 4.79 Å². The van der Waals surface area contributed by atoms with Crippen LogP contribution in [0, 0.1) is 6.92 Å². The van der Waals surface area contributed by atoms with Crippen molar-refractivity contribution in [3.8, 4) is 0 Å². The highest BCUT2D eigenvalue weighted by atomic mass is 16.1. The van der Waals surface area contributed by atoms with Crippen LogP contribution in [0.5, 0.6) is 0 Å². The molecular formula is C8H12N2O. The van der Waals surface area contributed by atoms with Gasteiger partial charge in [0.25, 0.3) is 0 Å². The summed E-state index contributed by atoms with van der Waals surface area (Å²) >= 11 is 0. The Hall–Kier alpha value is -1.25. The van der Waals surface area contributed by atoms with Crippen LogP contribution in [0.1, 0.15) is 11.3 Å².